The van der Waals surface area contributed by atoms with Crippen molar-refractivity contribution in [3.63, 3.8) is 0 Å². The maximum absolute atomic E-state index is 14.7. The van der Waals surface area contributed by atoms with E-state index in [-0.39, 0.29) is 46.4 Å². The lowest BCUT2D eigenvalue weighted by atomic mass is 10.0. The number of nitrogens with one attached hydrogen (secondary N) is 3. The van der Waals surface area contributed by atoms with Gasteiger partial charge in [0.15, 0.2) is 0 Å². The van der Waals surface area contributed by atoms with Crippen LogP contribution in [0.1, 0.15) is 67.9 Å². The summed E-state index contributed by atoms with van der Waals surface area (Å²) in [4.78, 5) is 40.8. The second-order valence-electron chi connectivity index (χ2n) is 13.3. The highest BCUT2D eigenvalue weighted by molar-refractivity contribution is 6.31. The number of anilines is 3. The van der Waals surface area contributed by atoms with Crippen molar-refractivity contribution >= 4 is 76.2 Å². The molecular formula is C42H36Cl4F4N8O4. The predicted octanol–water partition coefficient (Wildman–Crippen LogP) is 10.1. The molecule has 0 unspecified atom stereocenters. The number of methoxy groups -OCH3 is 2. The van der Waals surface area contributed by atoms with E-state index in [2.05, 4.69) is 40.6 Å². The molecule has 2 atom stereocenters. The van der Waals surface area contributed by atoms with Crippen LogP contribution in [-0.2, 0) is 12.8 Å². The summed E-state index contributed by atoms with van der Waals surface area (Å²) in [6.45, 7) is 0. The molecular weight excluding hydrogens is 898 g/mol. The molecule has 20 heteroatoms. The zero-order valence-corrected chi connectivity index (χ0v) is 35.7. The van der Waals surface area contributed by atoms with Gasteiger partial charge in [0.05, 0.1) is 30.3 Å². The second kappa shape index (κ2) is 21.3. The summed E-state index contributed by atoms with van der Waals surface area (Å²) in [5, 5.41) is 8.72. The number of halogens is 8. The summed E-state index contributed by atoms with van der Waals surface area (Å²) >= 11 is 16.9. The highest BCUT2D eigenvalue weighted by Gasteiger charge is 2.31. The van der Waals surface area contributed by atoms with Crippen LogP contribution < -0.4 is 31.2 Å². The molecule has 0 bridgehead atoms. The molecule has 2 heterocycles. The van der Waals surface area contributed by atoms with Crippen molar-refractivity contribution in [1.29, 1.82) is 0 Å². The molecule has 2 amide bonds. The quantitative estimate of drug-likeness (QED) is 0.0852. The molecule has 0 spiro atoms. The molecule has 2 aliphatic carbocycles. The van der Waals surface area contributed by atoms with Crippen molar-refractivity contribution in [2.45, 2.75) is 37.8 Å². The van der Waals surface area contributed by atoms with Crippen LogP contribution in [0.15, 0.2) is 85.2 Å². The van der Waals surface area contributed by atoms with Gasteiger partial charge in [0.2, 0.25) is 0 Å². The maximum Gasteiger partial charge on any atom is 0.318 e. The van der Waals surface area contributed by atoms with E-state index in [1.165, 1.54) is 87.3 Å². The first kappa shape index (κ1) is 47.3. The summed E-state index contributed by atoms with van der Waals surface area (Å²) in [6.07, 6.45) is 5.34. The van der Waals surface area contributed by atoms with Crippen LogP contribution >= 0.6 is 47.2 Å². The van der Waals surface area contributed by atoms with Crippen LogP contribution in [0.3, 0.4) is 0 Å². The minimum absolute atomic E-state index is 0. The number of ether oxygens (including phenoxy) is 2. The number of nitrogens with two attached hydrogens (primary N) is 1. The average molecular weight is 935 g/mol. The minimum atomic E-state index is -0.576. The Morgan fingerprint density at radius 3 is 1.66 bits per heavy atom. The maximum atomic E-state index is 14.7. The van der Waals surface area contributed by atoms with E-state index < -0.39 is 29.3 Å². The minimum Gasteiger partial charge on any atom is -0.467 e. The number of fused-ring (bicyclic) bond motifs is 2. The number of amides is 2. The van der Waals surface area contributed by atoms with Gasteiger partial charge < -0.3 is 31.2 Å². The predicted molar refractivity (Wildman–Crippen MR) is 231 cm³/mol. The van der Waals surface area contributed by atoms with Gasteiger partial charge in [-0.05, 0) is 110 Å². The Balaban J connectivity index is 0.000000198. The number of hydrogen-bond acceptors (Lipinski definition) is 10. The van der Waals surface area contributed by atoms with Crippen molar-refractivity contribution in [3.05, 3.63) is 157 Å². The summed E-state index contributed by atoms with van der Waals surface area (Å²) < 4.78 is 64.7. The lowest BCUT2D eigenvalue weighted by molar-refractivity contribution is 0.101. The average Bonchev–Trinajstić information content (AvgIpc) is 3.86. The van der Waals surface area contributed by atoms with Crippen molar-refractivity contribution in [1.82, 2.24) is 19.9 Å². The van der Waals surface area contributed by atoms with E-state index in [0.717, 1.165) is 0 Å². The first-order chi connectivity index (χ1) is 29.3. The van der Waals surface area contributed by atoms with Crippen LogP contribution in [0, 0.1) is 23.3 Å². The fourth-order valence-corrected chi connectivity index (χ4v) is 7.19. The third-order valence-electron chi connectivity index (χ3n) is 9.48. The van der Waals surface area contributed by atoms with Crippen molar-refractivity contribution < 1.29 is 36.6 Å². The largest absolute Gasteiger partial charge is 0.467 e. The Hall–Kier alpha value is -5.78. The smallest absolute Gasteiger partial charge is 0.318 e. The summed E-state index contributed by atoms with van der Waals surface area (Å²) in [6, 6.07) is 16.2. The fourth-order valence-electron chi connectivity index (χ4n) is 6.70. The molecule has 324 valence electrons. The first-order valence-electron chi connectivity index (χ1n) is 18.3. The van der Waals surface area contributed by atoms with Gasteiger partial charge in [0.25, 0.3) is 11.8 Å². The summed E-state index contributed by atoms with van der Waals surface area (Å²) in [5.74, 6) is -2.24. The van der Waals surface area contributed by atoms with Crippen LogP contribution in [0.2, 0.25) is 15.2 Å². The Bertz CT molecular complexity index is 2600. The van der Waals surface area contributed by atoms with Crippen molar-refractivity contribution in [3.8, 4) is 12.0 Å². The number of aromatic nitrogens is 4. The molecule has 0 aliphatic heterocycles. The lowest BCUT2D eigenvalue weighted by Crippen LogP contribution is -2.16. The third kappa shape index (κ3) is 11.4. The zero-order valence-electron chi connectivity index (χ0n) is 32.6. The molecule has 2 aliphatic rings. The van der Waals surface area contributed by atoms with Gasteiger partial charge in [-0.3, -0.25) is 9.59 Å². The van der Waals surface area contributed by atoms with Gasteiger partial charge >= 0.3 is 12.0 Å². The zero-order chi connectivity index (χ0) is 43.8. The Labute approximate surface area is 374 Å². The first-order valence-corrected chi connectivity index (χ1v) is 19.5. The molecule has 0 saturated carbocycles. The van der Waals surface area contributed by atoms with Crippen molar-refractivity contribution in [2.24, 2.45) is 5.73 Å². The van der Waals surface area contributed by atoms with E-state index in [1.807, 2.05) is 0 Å². The molecule has 12 nitrogen and oxygen atoms in total. The van der Waals surface area contributed by atoms with Gasteiger partial charge in [-0.15, -0.1) is 12.4 Å². The van der Waals surface area contributed by atoms with E-state index in [9.17, 15) is 27.2 Å². The number of benzene rings is 4. The van der Waals surface area contributed by atoms with Crippen LogP contribution in [0.25, 0.3) is 0 Å². The van der Waals surface area contributed by atoms with Crippen LogP contribution in [-0.4, -0.2) is 46.0 Å². The van der Waals surface area contributed by atoms with E-state index in [0.29, 0.717) is 87.4 Å². The van der Waals surface area contributed by atoms with E-state index in [4.69, 9.17) is 45.3 Å². The molecule has 2 aromatic heterocycles. The lowest BCUT2D eigenvalue weighted by Gasteiger charge is -2.16. The monoisotopic (exact) mass is 932 g/mol. The van der Waals surface area contributed by atoms with E-state index in [1.54, 1.807) is 12.1 Å². The highest BCUT2D eigenvalue weighted by Crippen LogP contribution is 2.38. The Kier molecular flexibility index (Phi) is 16.3. The molecule has 8 rings (SSSR count). The number of rotatable bonds is 8. The Morgan fingerprint density at radius 2 is 1.15 bits per heavy atom. The molecule has 6 aromatic rings. The number of hydrogen-bond donors (Lipinski definition) is 4. The fraction of sp³-hybridized carbons (Fsp3) is 0.190. The standard InChI is InChI=1S/C21H17ClF2N4O2.C16H13ClF2N2O.C5H5ClN2O.ClH/c1-30-21-25-9-8-18(28-21)27-17-7-4-12-13(3-6-16(24)19(12)17)20(29)26-11-2-5-15(23)14(22)10-11;17-11-7-8(1-4-12(11)18)21-16(22)10-2-5-13(19)15-9(10)3-6-14(15)20;1-9-5-7-3-2-4(6)8-5;/h2-3,5-6,8-10,17H,4,7H2,1H3,(H,26,29)(H,25,27,28);1-2,4-5,7,14H,3,6,20H2,(H,21,22);2-3H,1H3;1H/t17-;14-;;/m00../s1. The number of carbonyl (C=O) groups excluding carboxylic acids is 2. The van der Waals surface area contributed by atoms with Crippen LogP contribution in [0.5, 0.6) is 12.0 Å². The summed E-state index contributed by atoms with van der Waals surface area (Å²) in [7, 11) is 2.95. The van der Waals surface area contributed by atoms with E-state index >= 15 is 0 Å². The highest BCUT2D eigenvalue weighted by atomic mass is 35.5. The normalized spacial score (nSPS) is 14.4. The third-order valence-corrected chi connectivity index (χ3v) is 10.3. The van der Waals surface area contributed by atoms with Gasteiger partial charge in [-0.1, -0.05) is 34.8 Å². The van der Waals surface area contributed by atoms with Gasteiger partial charge in [0.1, 0.15) is 34.2 Å². The number of carbonyl (C=O) groups is 2. The molecule has 4 aromatic carbocycles. The molecule has 0 radical (unpaired) electrons. The van der Waals surface area contributed by atoms with Gasteiger partial charge in [0, 0.05) is 52.1 Å². The topological polar surface area (TPSA) is 166 Å². The molecule has 62 heavy (non-hydrogen) atoms. The second-order valence-corrected chi connectivity index (χ2v) is 14.5. The van der Waals surface area contributed by atoms with Crippen molar-refractivity contribution in [2.75, 3.05) is 30.2 Å². The molecule has 0 saturated heterocycles. The van der Waals surface area contributed by atoms with Gasteiger partial charge in [-0.2, -0.15) is 9.97 Å². The molecule has 5 N–H and O–H groups in total. The summed E-state index contributed by atoms with van der Waals surface area (Å²) in [5.41, 5.74) is 9.43. The molecule has 0 fully saturated rings. The SMILES string of the molecule is COc1nccc(Cl)n1.COc1nccc(N[C@H]2CCc3c(C(=O)Nc4ccc(F)c(Cl)c4)ccc(F)c32)n1.Cl.N[C@H]1CCc2c(C(=O)Nc3ccc(F)c(Cl)c3)ccc(F)c21. The Morgan fingerprint density at radius 1 is 0.661 bits per heavy atom. The van der Waals surface area contributed by atoms with Crippen LogP contribution in [0.4, 0.5) is 34.8 Å². The van der Waals surface area contributed by atoms with Gasteiger partial charge in [-0.25, -0.2) is 27.5 Å². The number of nitrogens with zero attached hydrogens (tertiary/aromatic N) is 4.